The largest absolute Gasteiger partial charge is 0.375 e. The van der Waals surface area contributed by atoms with Gasteiger partial charge in [0.25, 0.3) is 0 Å². The second kappa shape index (κ2) is 5.06. The molecule has 2 aromatic rings. The number of anilines is 1. The van der Waals surface area contributed by atoms with Crippen LogP contribution in [-0.2, 0) is 6.42 Å². The van der Waals surface area contributed by atoms with Gasteiger partial charge in [0.15, 0.2) is 11.0 Å². The lowest BCUT2D eigenvalue weighted by Gasteiger charge is -2.34. The molecule has 2 aliphatic heterocycles. The summed E-state index contributed by atoms with van der Waals surface area (Å²) < 4.78 is 5.40. The number of nitrogens with zero attached hydrogens (tertiary/aromatic N) is 4. The predicted octanol–water partition coefficient (Wildman–Crippen LogP) is 2.04. The zero-order chi connectivity index (χ0) is 14.4. The number of piperidine rings is 1. The Hall–Kier alpha value is -1.47. The molecule has 112 valence electrons. The highest BCUT2D eigenvalue weighted by atomic mass is 32.1. The third-order valence-corrected chi connectivity index (χ3v) is 5.57. The number of aromatic nitrogens is 3. The van der Waals surface area contributed by atoms with Crippen LogP contribution in [0.3, 0.4) is 0 Å². The lowest BCUT2D eigenvalue weighted by Crippen LogP contribution is -2.39. The van der Waals surface area contributed by atoms with Crippen molar-refractivity contribution in [1.82, 2.24) is 20.0 Å². The second-order valence-electron chi connectivity index (χ2n) is 6.12. The summed E-state index contributed by atoms with van der Waals surface area (Å²) in [5.41, 5.74) is 6.54. The molecule has 4 rings (SSSR count). The zero-order valence-electron chi connectivity index (χ0n) is 12.0. The van der Waals surface area contributed by atoms with Crippen molar-refractivity contribution in [3.63, 3.8) is 0 Å². The average molecular weight is 305 g/mol. The van der Waals surface area contributed by atoms with Gasteiger partial charge < -0.3 is 15.2 Å². The molecular weight excluding hydrogens is 286 g/mol. The van der Waals surface area contributed by atoms with E-state index in [1.807, 2.05) is 5.38 Å². The van der Waals surface area contributed by atoms with E-state index < -0.39 is 0 Å². The molecule has 0 spiro atoms. The number of rotatable bonds is 3. The van der Waals surface area contributed by atoms with E-state index in [9.17, 15) is 0 Å². The second-order valence-corrected chi connectivity index (χ2v) is 7.01. The first-order valence-corrected chi connectivity index (χ1v) is 8.31. The smallest absolute Gasteiger partial charge is 0.232 e. The Morgan fingerprint density at radius 3 is 2.76 bits per heavy atom. The van der Waals surface area contributed by atoms with Crippen molar-refractivity contribution in [3.8, 4) is 0 Å². The molecule has 0 aliphatic carbocycles. The van der Waals surface area contributed by atoms with Crippen molar-refractivity contribution in [3.05, 3.63) is 22.8 Å². The van der Waals surface area contributed by atoms with E-state index in [4.69, 9.17) is 10.3 Å². The fourth-order valence-electron chi connectivity index (χ4n) is 3.69. The molecule has 7 heteroatoms. The first-order chi connectivity index (χ1) is 10.2. The van der Waals surface area contributed by atoms with Crippen molar-refractivity contribution in [2.75, 3.05) is 12.8 Å². The maximum absolute atomic E-state index is 5.64. The molecule has 0 saturated carbocycles. The normalized spacial score (nSPS) is 29.1. The van der Waals surface area contributed by atoms with Crippen LogP contribution in [0.5, 0.6) is 0 Å². The topological polar surface area (TPSA) is 81.1 Å². The molecule has 21 heavy (non-hydrogen) atoms. The average Bonchev–Trinajstić information content (AvgIpc) is 3.12. The van der Waals surface area contributed by atoms with Crippen LogP contribution in [0.15, 0.2) is 9.90 Å². The minimum atomic E-state index is 0.441. The van der Waals surface area contributed by atoms with E-state index in [0.717, 1.165) is 24.4 Å². The number of nitrogens with two attached hydrogens (primary N) is 1. The van der Waals surface area contributed by atoms with Gasteiger partial charge in [0, 0.05) is 23.4 Å². The van der Waals surface area contributed by atoms with Crippen LogP contribution in [-0.4, -0.2) is 39.2 Å². The van der Waals surface area contributed by atoms with Crippen LogP contribution >= 0.6 is 11.3 Å². The van der Waals surface area contributed by atoms with Crippen LogP contribution in [0, 0.1) is 0 Å². The van der Waals surface area contributed by atoms with E-state index >= 15 is 0 Å². The monoisotopic (exact) mass is 305 g/mol. The van der Waals surface area contributed by atoms with Crippen LogP contribution in [0.2, 0.25) is 0 Å². The number of fused-ring (bicyclic) bond motifs is 2. The number of nitrogen functional groups attached to an aromatic ring is 1. The van der Waals surface area contributed by atoms with E-state index in [-0.39, 0.29) is 0 Å². The SMILES string of the molecule is CN1C2CCC1CC(c1noc(Cc3csc(N)n3)n1)C2. The molecule has 2 aliphatic rings. The Kier molecular flexibility index (Phi) is 3.19. The van der Waals surface area contributed by atoms with E-state index in [1.165, 1.54) is 24.2 Å². The number of hydrogen-bond donors (Lipinski definition) is 1. The maximum Gasteiger partial charge on any atom is 0.232 e. The Bertz CT molecular complexity index is 625. The van der Waals surface area contributed by atoms with E-state index in [2.05, 4.69) is 27.1 Å². The van der Waals surface area contributed by atoms with Crippen LogP contribution in [0.4, 0.5) is 5.13 Å². The summed E-state index contributed by atoms with van der Waals surface area (Å²) in [7, 11) is 2.24. The molecule has 0 aromatic carbocycles. The van der Waals surface area contributed by atoms with Gasteiger partial charge in [-0.25, -0.2) is 4.98 Å². The predicted molar refractivity (Wildman–Crippen MR) is 80.2 cm³/mol. The van der Waals surface area contributed by atoms with Gasteiger partial charge in [0.2, 0.25) is 5.89 Å². The summed E-state index contributed by atoms with van der Waals surface area (Å²) >= 11 is 1.44. The highest BCUT2D eigenvalue weighted by Gasteiger charge is 2.40. The van der Waals surface area contributed by atoms with E-state index in [0.29, 0.717) is 35.4 Å². The molecule has 2 saturated heterocycles. The minimum Gasteiger partial charge on any atom is -0.375 e. The molecule has 2 unspecified atom stereocenters. The standard InChI is InChI=1S/C14H19N5OS/c1-19-10-2-3-11(19)5-8(4-10)13-17-12(20-18-13)6-9-7-21-14(15)16-9/h7-8,10-11H,2-6H2,1H3,(H2,15,16). The highest BCUT2D eigenvalue weighted by Crippen LogP contribution is 2.41. The van der Waals surface area contributed by atoms with Gasteiger partial charge in [-0.2, -0.15) is 4.98 Å². The fourth-order valence-corrected chi connectivity index (χ4v) is 4.25. The first-order valence-electron chi connectivity index (χ1n) is 7.43. The highest BCUT2D eigenvalue weighted by molar-refractivity contribution is 7.13. The third-order valence-electron chi connectivity index (χ3n) is 4.85. The van der Waals surface area contributed by atoms with Gasteiger partial charge in [-0.1, -0.05) is 5.16 Å². The molecular formula is C14H19N5OS. The molecule has 2 atom stereocenters. The molecule has 2 bridgehead atoms. The number of thiazole rings is 1. The summed E-state index contributed by atoms with van der Waals surface area (Å²) in [5.74, 6) is 1.96. The van der Waals surface area contributed by atoms with Crippen LogP contribution < -0.4 is 5.73 Å². The van der Waals surface area contributed by atoms with Crippen molar-refractivity contribution >= 4 is 16.5 Å². The summed E-state index contributed by atoms with van der Waals surface area (Å²) in [6.45, 7) is 0. The Morgan fingerprint density at radius 2 is 2.10 bits per heavy atom. The molecule has 4 heterocycles. The van der Waals surface area contributed by atoms with Crippen LogP contribution in [0.1, 0.15) is 49.0 Å². The quantitative estimate of drug-likeness (QED) is 0.934. The van der Waals surface area contributed by atoms with Gasteiger partial charge in [-0.05, 0) is 32.7 Å². The summed E-state index contributed by atoms with van der Waals surface area (Å²) in [5, 5.41) is 6.72. The van der Waals surface area contributed by atoms with Gasteiger partial charge >= 0.3 is 0 Å². The Balaban J connectivity index is 1.47. The molecule has 2 aromatic heterocycles. The first kappa shape index (κ1) is 13.2. The van der Waals surface area contributed by atoms with E-state index in [1.54, 1.807) is 0 Å². The minimum absolute atomic E-state index is 0.441. The third kappa shape index (κ3) is 2.44. The molecule has 2 fully saturated rings. The molecule has 2 N–H and O–H groups in total. The van der Waals surface area contributed by atoms with Crippen molar-refractivity contribution < 1.29 is 4.52 Å². The van der Waals surface area contributed by atoms with Crippen LogP contribution in [0.25, 0.3) is 0 Å². The van der Waals surface area contributed by atoms with Crippen molar-refractivity contribution in [2.24, 2.45) is 0 Å². The maximum atomic E-state index is 5.64. The van der Waals surface area contributed by atoms with Gasteiger partial charge in [0.05, 0.1) is 12.1 Å². The Morgan fingerprint density at radius 1 is 1.33 bits per heavy atom. The zero-order valence-corrected chi connectivity index (χ0v) is 12.8. The summed E-state index contributed by atoms with van der Waals surface area (Å²) in [4.78, 5) is 11.3. The lowest BCUT2D eigenvalue weighted by molar-refractivity contribution is 0.157. The van der Waals surface area contributed by atoms with Gasteiger partial charge in [-0.3, -0.25) is 0 Å². The Labute approximate surface area is 127 Å². The number of hydrogen-bond acceptors (Lipinski definition) is 7. The molecule has 0 amide bonds. The van der Waals surface area contributed by atoms with Gasteiger partial charge in [0.1, 0.15) is 0 Å². The van der Waals surface area contributed by atoms with Gasteiger partial charge in [-0.15, -0.1) is 11.3 Å². The molecule has 0 radical (unpaired) electrons. The van der Waals surface area contributed by atoms with Crippen molar-refractivity contribution in [2.45, 2.75) is 50.1 Å². The van der Waals surface area contributed by atoms with Crippen molar-refractivity contribution in [1.29, 1.82) is 0 Å². The summed E-state index contributed by atoms with van der Waals surface area (Å²) in [6.07, 6.45) is 5.48. The summed E-state index contributed by atoms with van der Waals surface area (Å²) in [6, 6.07) is 1.38. The molecule has 6 nitrogen and oxygen atoms in total. The lowest BCUT2D eigenvalue weighted by atomic mass is 9.90. The fraction of sp³-hybridized carbons (Fsp3) is 0.643.